The third-order valence-corrected chi connectivity index (χ3v) is 1.49. The summed E-state index contributed by atoms with van der Waals surface area (Å²) < 4.78 is 4.62. The highest BCUT2D eigenvalue weighted by Gasteiger charge is 2.25. The summed E-state index contributed by atoms with van der Waals surface area (Å²) >= 11 is 0. The minimum atomic E-state index is -1.13. The molecule has 0 fully saturated rings. The molecular formula is C7H13N3O3. The summed E-state index contributed by atoms with van der Waals surface area (Å²) in [6.45, 7) is 3.53. The van der Waals surface area contributed by atoms with Crippen LogP contribution in [-0.2, 0) is 9.53 Å². The van der Waals surface area contributed by atoms with Crippen molar-refractivity contribution >= 4 is 5.97 Å². The van der Waals surface area contributed by atoms with Gasteiger partial charge in [0.25, 0.3) is 0 Å². The van der Waals surface area contributed by atoms with Gasteiger partial charge in [-0.3, -0.25) is 4.79 Å². The largest absolute Gasteiger partial charge is 0.466 e. The zero-order valence-electron chi connectivity index (χ0n) is 7.67. The van der Waals surface area contributed by atoms with Crippen molar-refractivity contribution in [1.29, 1.82) is 0 Å². The maximum atomic E-state index is 11.1. The first-order valence-electron chi connectivity index (χ1n) is 4.06. The Bertz CT molecular complexity index is 213. The number of carbonyl (C=O) groups is 1. The van der Waals surface area contributed by atoms with Crippen LogP contribution in [0.3, 0.4) is 0 Å². The van der Waals surface area contributed by atoms with Crippen molar-refractivity contribution in [3.63, 3.8) is 0 Å². The zero-order valence-corrected chi connectivity index (χ0v) is 7.67. The van der Waals surface area contributed by atoms with Crippen LogP contribution in [0.15, 0.2) is 5.11 Å². The van der Waals surface area contributed by atoms with Crippen molar-refractivity contribution in [1.82, 2.24) is 0 Å². The second-order valence-corrected chi connectivity index (χ2v) is 2.38. The Morgan fingerprint density at radius 2 is 2.31 bits per heavy atom. The third kappa shape index (κ3) is 3.78. The van der Waals surface area contributed by atoms with Crippen LogP contribution >= 0.6 is 0 Å². The fourth-order valence-electron chi connectivity index (χ4n) is 0.788. The smallest absolute Gasteiger partial charge is 0.317 e. The summed E-state index contributed by atoms with van der Waals surface area (Å²) in [6, 6.07) is -1.13. The summed E-state index contributed by atoms with van der Waals surface area (Å²) in [4.78, 5) is 13.6. The van der Waals surface area contributed by atoms with E-state index in [-0.39, 0.29) is 6.61 Å². The van der Waals surface area contributed by atoms with Crippen LogP contribution in [0.4, 0.5) is 0 Å². The van der Waals surface area contributed by atoms with Crippen LogP contribution in [-0.4, -0.2) is 29.8 Å². The molecule has 0 amide bonds. The van der Waals surface area contributed by atoms with Gasteiger partial charge in [-0.2, -0.15) is 0 Å². The molecule has 1 N–H and O–H groups in total. The van der Waals surface area contributed by atoms with Gasteiger partial charge in [0.2, 0.25) is 0 Å². The van der Waals surface area contributed by atoms with Crippen molar-refractivity contribution in [2.75, 3.05) is 6.61 Å². The Morgan fingerprint density at radius 3 is 2.69 bits per heavy atom. The Balaban J connectivity index is 4.40. The lowest BCUT2D eigenvalue weighted by Gasteiger charge is -2.14. The number of aliphatic hydroxyl groups is 1. The minimum absolute atomic E-state index is 0.201. The van der Waals surface area contributed by atoms with Crippen molar-refractivity contribution < 1.29 is 14.6 Å². The molecule has 0 saturated heterocycles. The molecule has 0 aliphatic carbocycles. The van der Waals surface area contributed by atoms with Gasteiger partial charge >= 0.3 is 5.97 Å². The molecule has 6 nitrogen and oxygen atoms in total. The second-order valence-electron chi connectivity index (χ2n) is 2.38. The molecule has 0 saturated carbocycles. The summed E-state index contributed by atoms with van der Waals surface area (Å²) in [5.41, 5.74) is 8.14. The molecule has 0 bridgehead atoms. The fraction of sp³-hybridized carbons (Fsp3) is 0.857. The molecule has 13 heavy (non-hydrogen) atoms. The third-order valence-electron chi connectivity index (χ3n) is 1.49. The molecule has 0 aromatic carbocycles. The topological polar surface area (TPSA) is 95.3 Å². The number of nitrogens with zero attached hydrogens (tertiary/aromatic N) is 3. The van der Waals surface area contributed by atoms with Gasteiger partial charge < -0.3 is 9.84 Å². The standard InChI is InChI=1S/C7H13N3O3/c1-3-5(11)6(9-10-8)7(12)13-4-2/h5-6,11H,3-4H2,1-2H3/t5-,6-/m0/s1. The van der Waals surface area contributed by atoms with E-state index >= 15 is 0 Å². The summed E-state index contributed by atoms with van der Waals surface area (Å²) in [5.74, 6) is -0.686. The Hall–Kier alpha value is -1.26. The van der Waals surface area contributed by atoms with E-state index in [1.165, 1.54) is 0 Å². The van der Waals surface area contributed by atoms with Gasteiger partial charge in [-0.15, -0.1) is 0 Å². The molecule has 0 aliphatic rings. The maximum Gasteiger partial charge on any atom is 0.317 e. The highest BCUT2D eigenvalue weighted by Crippen LogP contribution is 2.06. The number of ether oxygens (including phenoxy) is 1. The molecule has 2 atom stereocenters. The van der Waals surface area contributed by atoms with Crippen LogP contribution in [0.2, 0.25) is 0 Å². The molecule has 0 radical (unpaired) electrons. The van der Waals surface area contributed by atoms with Crippen molar-refractivity contribution in [2.45, 2.75) is 32.4 Å². The van der Waals surface area contributed by atoms with E-state index in [0.29, 0.717) is 6.42 Å². The van der Waals surface area contributed by atoms with E-state index in [2.05, 4.69) is 14.8 Å². The van der Waals surface area contributed by atoms with E-state index in [1.807, 2.05) is 0 Å². The van der Waals surface area contributed by atoms with Gasteiger partial charge in [-0.05, 0) is 18.9 Å². The maximum absolute atomic E-state index is 11.1. The molecule has 0 unspecified atom stereocenters. The van der Waals surface area contributed by atoms with Gasteiger partial charge in [0.1, 0.15) is 0 Å². The lowest BCUT2D eigenvalue weighted by molar-refractivity contribution is -0.147. The van der Waals surface area contributed by atoms with E-state index in [4.69, 9.17) is 5.53 Å². The average molecular weight is 187 g/mol. The molecule has 0 aliphatic heterocycles. The number of carbonyl (C=O) groups excluding carboxylic acids is 1. The van der Waals surface area contributed by atoms with Crippen LogP contribution in [0.25, 0.3) is 10.4 Å². The zero-order chi connectivity index (χ0) is 10.3. The molecule has 6 heteroatoms. The monoisotopic (exact) mass is 187 g/mol. The first-order valence-corrected chi connectivity index (χ1v) is 4.06. The molecule has 74 valence electrons. The first-order chi connectivity index (χ1) is 6.17. The van der Waals surface area contributed by atoms with E-state index in [1.54, 1.807) is 13.8 Å². The summed E-state index contributed by atoms with van der Waals surface area (Å²) in [7, 11) is 0. The highest BCUT2D eigenvalue weighted by atomic mass is 16.5. The molecule has 0 heterocycles. The van der Waals surface area contributed by atoms with Crippen molar-refractivity contribution in [2.24, 2.45) is 5.11 Å². The predicted octanol–water partition coefficient (Wildman–Crippen LogP) is 0.999. The van der Waals surface area contributed by atoms with Crippen LogP contribution in [0, 0.1) is 0 Å². The molecule has 0 aromatic rings. The lowest BCUT2D eigenvalue weighted by atomic mass is 10.1. The summed E-state index contributed by atoms with van der Waals surface area (Å²) in [5, 5.41) is 12.4. The fourth-order valence-corrected chi connectivity index (χ4v) is 0.788. The van der Waals surface area contributed by atoms with Gasteiger partial charge in [-0.25, -0.2) is 0 Å². The normalized spacial score (nSPS) is 14.1. The van der Waals surface area contributed by atoms with Gasteiger partial charge in [0.05, 0.1) is 12.7 Å². The molecule has 0 aromatic heterocycles. The van der Waals surface area contributed by atoms with Gasteiger partial charge in [-0.1, -0.05) is 12.0 Å². The average Bonchev–Trinajstić information content (AvgIpc) is 2.13. The number of hydrogen-bond acceptors (Lipinski definition) is 4. The number of azide groups is 1. The summed E-state index contributed by atoms with van der Waals surface area (Å²) in [6.07, 6.45) is -0.641. The van der Waals surface area contributed by atoms with Gasteiger partial charge in [0, 0.05) is 4.91 Å². The van der Waals surface area contributed by atoms with Crippen LogP contribution < -0.4 is 0 Å². The lowest BCUT2D eigenvalue weighted by Crippen LogP contribution is -2.33. The minimum Gasteiger partial charge on any atom is -0.466 e. The Morgan fingerprint density at radius 1 is 1.69 bits per heavy atom. The predicted molar refractivity (Wildman–Crippen MR) is 45.9 cm³/mol. The second kappa shape index (κ2) is 6.28. The number of rotatable bonds is 5. The van der Waals surface area contributed by atoms with Crippen LogP contribution in [0.1, 0.15) is 20.3 Å². The molecular weight excluding hydrogens is 174 g/mol. The van der Waals surface area contributed by atoms with Crippen molar-refractivity contribution in [3.05, 3.63) is 10.4 Å². The highest BCUT2D eigenvalue weighted by molar-refractivity contribution is 5.76. The van der Waals surface area contributed by atoms with Crippen molar-refractivity contribution in [3.8, 4) is 0 Å². The first kappa shape index (κ1) is 11.7. The number of hydrogen-bond donors (Lipinski definition) is 1. The molecule has 0 spiro atoms. The van der Waals surface area contributed by atoms with E-state index in [0.717, 1.165) is 0 Å². The van der Waals surface area contributed by atoms with Gasteiger partial charge in [0.15, 0.2) is 6.04 Å². The van der Waals surface area contributed by atoms with E-state index < -0.39 is 18.1 Å². The quantitative estimate of drug-likeness (QED) is 0.301. The van der Waals surface area contributed by atoms with E-state index in [9.17, 15) is 9.90 Å². The van der Waals surface area contributed by atoms with Crippen LogP contribution in [0.5, 0.6) is 0 Å². The Labute approximate surface area is 76.1 Å². The Kier molecular flexibility index (Phi) is 5.67. The molecule has 0 rings (SSSR count). The number of esters is 1. The number of aliphatic hydroxyl groups excluding tert-OH is 1. The SMILES string of the molecule is CCOC(=O)[C@@H](N=[N+]=[N-])[C@@H](O)CC.